The SMILES string of the molecule is CC[C@@H](NCC(=O)NC(=O)NCc1ccco1)c1ccc(Br)cc1. The lowest BCUT2D eigenvalue weighted by atomic mass is 10.0. The van der Waals surface area contributed by atoms with Crippen molar-refractivity contribution in [3.05, 3.63) is 58.5 Å². The molecule has 6 nitrogen and oxygen atoms in total. The number of hydrogen-bond donors (Lipinski definition) is 3. The summed E-state index contributed by atoms with van der Waals surface area (Å²) in [4.78, 5) is 23.5. The third-order valence-corrected chi connectivity index (χ3v) is 3.97. The van der Waals surface area contributed by atoms with Gasteiger partial charge in [-0.1, -0.05) is 35.0 Å². The van der Waals surface area contributed by atoms with Gasteiger partial charge in [0.05, 0.1) is 19.4 Å². The summed E-state index contributed by atoms with van der Waals surface area (Å²) in [6, 6.07) is 10.9. The predicted octanol–water partition coefficient (Wildman–Crippen LogP) is 3.11. The molecule has 128 valence electrons. The van der Waals surface area contributed by atoms with Crippen molar-refractivity contribution in [2.75, 3.05) is 6.54 Å². The number of nitrogens with one attached hydrogen (secondary N) is 3. The molecule has 1 aromatic heterocycles. The standard InChI is InChI=1S/C17H20BrN3O3/c1-2-15(12-5-7-13(18)8-6-12)19-11-16(22)21-17(23)20-10-14-4-3-9-24-14/h3-9,15,19H,2,10-11H2,1H3,(H2,20,21,22,23)/t15-/m1/s1. The van der Waals surface area contributed by atoms with Gasteiger partial charge in [-0.25, -0.2) is 4.79 Å². The van der Waals surface area contributed by atoms with E-state index in [1.807, 2.05) is 31.2 Å². The van der Waals surface area contributed by atoms with Crippen molar-refractivity contribution in [2.45, 2.75) is 25.9 Å². The average Bonchev–Trinajstić information content (AvgIpc) is 3.08. The van der Waals surface area contributed by atoms with Crippen LogP contribution in [-0.2, 0) is 11.3 Å². The lowest BCUT2D eigenvalue weighted by Gasteiger charge is -2.17. The van der Waals surface area contributed by atoms with Crippen molar-refractivity contribution in [3.63, 3.8) is 0 Å². The van der Waals surface area contributed by atoms with E-state index in [4.69, 9.17) is 4.42 Å². The number of carbonyl (C=O) groups is 2. The van der Waals surface area contributed by atoms with Crippen LogP contribution in [0.25, 0.3) is 0 Å². The smallest absolute Gasteiger partial charge is 0.321 e. The van der Waals surface area contributed by atoms with E-state index in [1.54, 1.807) is 12.1 Å². The highest BCUT2D eigenvalue weighted by Crippen LogP contribution is 2.19. The number of urea groups is 1. The van der Waals surface area contributed by atoms with Gasteiger partial charge in [-0.05, 0) is 36.2 Å². The maximum Gasteiger partial charge on any atom is 0.321 e. The molecule has 0 bridgehead atoms. The van der Waals surface area contributed by atoms with Gasteiger partial charge in [-0.15, -0.1) is 0 Å². The van der Waals surface area contributed by atoms with Gasteiger partial charge in [0.1, 0.15) is 5.76 Å². The molecule has 1 aromatic carbocycles. The summed E-state index contributed by atoms with van der Waals surface area (Å²) in [6.45, 7) is 2.33. The third kappa shape index (κ3) is 5.82. The fraction of sp³-hybridized carbons (Fsp3) is 0.294. The largest absolute Gasteiger partial charge is 0.467 e. The highest BCUT2D eigenvalue weighted by atomic mass is 79.9. The number of hydrogen-bond acceptors (Lipinski definition) is 4. The van der Waals surface area contributed by atoms with Gasteiger partial charge < -0.3 is 15.1 Å². The minimum atomic E-state index is -0.546. The van der Waals surface area contributed by atoms with Crippen LogP contribution in [0.3, 0.4) is 0 Å². The quantitative estimate of drug-likeness (QED) is 0.674. The van der Waals surface area contributed by atoms with Crippen molar-refractivity contribution < 1.29 is 14.0 Å². The van der Waals surface area contributed by atoms with Crippen LogP contribution >= 0.6 is 15.9 Å². The second-order valence-electron chi connectivity index (χ2n) is 5.20. The maximum atomic E-state index is 11.9. The number of furan rings is 1. The molecule has 0 saturated heterocycles. The third-order valence-electron chi connectivity index (χ3n) is 3.45. The molecule has 2 aromatic rings. The highest BCUT2D eigenvalue weighted by molar-refractivity contribution is 9.10. The van der Waals surface area contributed by atoms with Gasteiger partial charge >= 0.3 is 6.03 Å². The number of rotatable bonds is 7. The molecule has 7 heteroatoms. The number of imide groups is 1. The Morgan fingerprint density at radius 1 is 1.21 bits per heavy atom. The Hall–Kier alpha value is -2.12. The van der Waals surface area contributed by atoms with Crippen LogP contribution in [0.5, 0.6) is 0 Å². The first-order valence-corrected chi connectivity index (χ1v) is 8.46. The lowest BCUT2D eigenvalue weighted by molar-refractivity contribution is -0.119. The molecule has 0 saturated carbocycles. The Labute approximate surface area is 149 Å². The summed E-state index contributed by atoms with van der Waals surface area (Å²) in [6.07, 6.45) is 2.36. The molecular weight excluding hydrogens is 374 g/mol. The van der Waals surface area contributed by atoms with Gasteiger partial charge in [-0.3, -0.25) is 10.1 Å². The zero-order chi connectivity index (χ0) is 17.4. The molecule has 3 amide bonds. The monoisotopic (exact) mass is 393 g/mol. The Bertz CT molecular complexity index is 656. The van der Waals surface area contributed by atoms with Crippen LogP contribution in [0.4, 0.5) is 4.79 Å². The molecule has 0 aliphatic heterocycles. The molecule has 2 rings (SSSR count). The molecule has 24 heavy (non-hydrogen) atoms. The van der Waals surface area contributed by atoms with Gasteiger partial charge in [0, 0.05) is 10.5 Å². The van der Waals surface area contributed by atoms with E-state index < -0.39 is 6.03 Å². The van der Waals surface area contributed by atoms with E-state index in [1.165, 1.54) is 6.26 Å². The summed E-state index contributed by atoms with van der Waals surface area (Å²) < 4.78 is 6.10. The summed E-state index contributed by atoms with van der Waals surface area (Å²) in [7, 11) is 0. The lowest BCUT2D eigenvalue weighted by Crippen LogP contribution is -2.43. The Balaban J connectivity index is 1.74. The second-order valence-corrected chi connectivity index (χ2v) is 6.12. The van der Waals surface area contributed by atoms with Crippen molar-refractivity contribution >= 4 is 27.9 Å². The van der Waals surface area contributed by atoms with E-state index in [0.717, 1.165) is 16.5 Å². The molecule has 3 N–H and O–H groups in total. The zero-order valence-electron chi connectivity index (χ0n) is 13.3. The van der Waals surface area contributed by atoms with Crippen LogP contribution < -0.4 is 16.0 Å². The minimum absolute atomic E-state index is 0.0510. The molecule has 0 aliphatic rings. The highest BCUT2D eigenvalue weighted by Gasteiger charge is 2.12. The first-order valence-electron chi connectivity index (χ1n) is 7.67. The molecule has 0 aliphatic carbocycles. The van der Waals surface area contributed by atoms with Gasteiger partial charge in [-0.2, -0.15) is 0 Å². The van der Waals surface area contributed by atoms with Gasteiger partial charge in [0.25, 0.3) is 0 Å². The summed E-state index contributed by atoms with van der Waals surface area (Å²) in [5, 5.41) is 7.99. The van der Waals surface area contributed by atoms with Crippen LogP contribution in [0.1, 0.15) is 30.7 Å². The van der Waals surface area contributed by atoms with E-state index in [-0.39, 0.29) is 25.0 Å². The number of carbonyl (C=O) groups excluding carboxylic acids is 2. The molecule has 0 spiro atoms. The van der Waals surface area contributed by atoms with E-state index >= 15 is 0 Å². The van der Waals surface area contributed by atoms with Crippen LogP contribution in [0.15, 0.2) is 51.6 Å². The molecule has 1 heterocycles. The summed E-state index contributed by atoms with van der Waals surface area (Å²) in [5.41, 5.74) is 1.09. The van der Waals surface area contributed by atoms with Crippen molar-refractivity contribution in [2.24, 2.45) is 0 Å². The van der Waals surface area contributed by atoms with Crippen LogP contribution in [0.2, 0.25) is 0 Å². The van der Waals surface area contributed by atoms with E-state index in [0.29, 0.717) is 5.76 Å². The fourth-order valence-electron chi connectivity index (χ4n) is 2.20. The number of amides is 3. The average molecular weight is 394 g/mol. The normalized spacial score (nSPS) is 11.8. The number of halogens is 1. The molecular formula is C17H20BrN3O3. The zero-order valence-corrected chi connectivity index (χ0v) is 14.9. The molecule has 0 fully saturated rings. The van der Waals surface area contributed by atoms with Crippen LogP contribution in [-0.4, -0.2) is 18.5 Å². The van der Waals surface area contributed by atoms with Crippen molar-refractivity contribution in [3.8, 4) is 0 Å². The first-order chi connectivity index (χ1) is 11.6. The first kappa shape index (κ1) is 18.2. The second kappa shape index (κ2) is 9.24. The van der Waals surface area contributed by atoms with Crippen molar-refractivity contribution in [1.29, 1.82) is 0 Å². The predicted molar refractivity (Wildman–Crippen MR) is 94.3 cm³/mol. The van der Waals surface area contributed by atoms with Crippen molar-refractivity contribution in [1.82, 2.24) is 16.0 Å². The maximum absolute atomic E-state index is 11.9. The Kier molecular flexibility index (Phi) is 7.02. The van der Waals surface area contributed by atoms with Crippen LogP contribution in [0, 0.1) is 0 Å². The summed E-state index contributed by atoms with van der Waals surface area (Å²) in [5.74, 6) is 0.236. The molecule has 0 unspecified atom stereocenters. The van der Waals surface area contributed by atoms with Gasteiger partial charge in [0.15, 0.2) is 0 Å². The molecule has 1 atom stereocenters. The minimum Gasteiger partial charge on any atom is -0.467 e. The van der Waals surface area contributed by atoms with Gasteiger partial charge in [0.2, 0.25) is 5.91 Å². The Morgan fingerprint density at radius 3 is 2.58 bits per heavy atom. The fourth-order valence-corrected chi connectivity index (χ4v) is 2.47. The van der Waals surface area contributed by atoms with E-state index in [2.05, 4.69) is 31.9 Å². The summed E-state index contributed by atoms with van der Waals surface area (Å²) >= 11 is 3.40. The number of benzene rings is 1. The topological polar surface area (TPSA) is 83.4 Å². The Morgan fingerprint density at radius 2 is 1.96 bits per heavy atom. The molecule has 0 radical (unpaired) electrons. The van der Waals surface area contributed by atoms with E-state index in [9.17, 15) is 9.59 Å².